The van der Waals surface area contributed by atoms with Gasteiger partial charge in [-0.05, 0) is 30.0 Å². The Balaban J connectivity index is 1.09. The second kappa shape index (κ2) is 30.9. The van der Waals surface area contributed by atoms with Gasteiger partial charge in [-0.3, -0.25) is 39.8 Å². The van der Waals surface area contributed by atoms with Crippen molar-refractivity contribution < 1.29 is 129 Å². The van der Waals surface area contributed by atoms with E-state index in [1.165, 1.54) is 24.3 Å². The molecule has 5 fully saturated rings. The molecule has 1 aliphatic carbocycles. The number of carbonyl (C=O) groups excluding carboxylic acids is 6. The Morgan fingerprint density at radius 2 is 1.14 bits per heavy atom. The summed E-state index contributed by atoms with van der Waals surface area (Å²) in [5.41, 5.74) is 12.4. The molecule has 1 aromatic rings. The molecule has 7 aliphatic rings. The van der Waals surface area contributed by atoms with Crippen molar-refractivity contribution in [1.82, 2.24) is 42.5 Å². The van der Waals surface area contributed by atoms with Crippen LogP contribution < -0.4 is 58.7 Å². The molecule has 90 heavy (non-hydrogen) atoms. The number of hydrogen-bond donors (Lipinski definition) is 24. The number of guanidine groups is 2. The van der Waals surface area contributed by atoms with Crippen LogP contribution in [0.25, 0.3) is 0 Å². The number of nitrogens with one attached hydrogen (secondary N) is 8. The molecule has 6 heterocycles. The second-order valence-corrected chi connectivity index (χ2v) is 23.2. The van der Waals surface area contributed by atoms with E-state index in [9.17, 15) is 90.7 Å². The van der Waals surface area contributed by atoms with Crippen molar-refractivity contribution in [3.8, 4) is 5.75 Å². The summed E-state index contributed by atoms with van der Waals surface area (Å²) in [6, 6.07) is -6.99. The summed E-state index contributed by atoms with van der Waals surface area (Å²) in [6.07, 6.45) is -27.4. The van der Waals surface area contributed by atoms with E-state index >= 15 is 9.59 Å². The van der Waals surface area contributed by atoms with Crippen molar-refractivity contribution in [1.29, 1.82) is 0 Å². The van der Waals surface area contributed by atoms with Crippen LogP contribution in [0.2, 0.25) is 0 Å². The van der Waals surface area contributed by atoms with Gasteiger partial charge in [0, 0.05) is 13.0 Å². The number of aliphatic imine (C=N–C) groups is 1. The highest BCUT2D eigenvalue weighted by Crippen LogP contribution is 2.32. The highest BCUT2D eigenvalue weighted by atomic mass is 16.7. The van der Waals surface area contributed by atoms with E-state index in [0.29, 0.717) is 12.8 Å². The number of carbonyl (C=O) groups is 6. The minimum atomic E-state index is -2.31. The van der Waals surface area contributed by atoms with Gasteiger partial charge in [-0.1, -0.05) is 44.2 Å². The van der Waals surface area contributed by atoms with Crippen molar-refractivity contribution >= 4 is 47.4 Å². The number of aliphatic hydroxyl groups is 14. The van der Waals surface area contributed by atoms with Crippen LogP contribution in [0.1, 0.15) is 44.1 Å². The first-order chi connectivity index (χ1) is 42.9. The maximum atomic E-state index is 15.0. The van der Waals surface area contributed by atoms with E-state index in [-0.39, 0.29) is 42.1 Å². The molecule has 0 bridgehead atoms. The van der Waals surface area contributed by atoms with E-state index in [1.807, 2.05) is 0 Å². The van der Waals surface area contributed by atoms with Gasteiger partial charge in [0.25, 0.3) is 0 Å². The summed E-state index contributed by atoms with van der Waals surface area (Å²) >= 11 is 0. The summed E-state index contributed by atoms with van der Waals surface area (Å²) in [6.45, 7) is -5.18. The molecule has 37 heteroatoms. The first kappa shape index (κ1) is 69.5. The van der Waals surface area contributed by atoms with Crippen LogP contribution in [0, 0.1) is 5.92 Å². The fraction of sp³-hybridized carbons (Fsp3) is 0.736. The van der Waals surface area contributed by atoms with Gasteiger partial charge < -0.3 is 138 Å². The highest BCUT2D eigenvalue weighted by Gasteiger charge is 2.55. The molecular formula is C53H83N12O25+. The van der Waals surface area contributed by atoms with Gasteiger partial charge >= 0.3 is 5.96 Å². The molecule has 6 amide bonds. The van der Waals surface area contributed by atoms with E-state index in [2.05, 4.69) is 47.5 Å². The minimum absolute atomic E-state index is 0.0536. The van der Waals surface area contributed by atoms with Crippen molar-refractivity contribution in [3.05, 3.63) is 29.8 Å². The number of benzene rings is 1. The standard InChI is InChI=1S/C53H82N12O25/c54-52-57-12-24(62-52)33(71)31-48(85)64-32(34(72)26-13-58-53(55)65(26)49-40(78)37(75)35(73)27(16-67)87-49)47(84)61-25(15-66)44(81)56-14-30(70)59-22(10-19-4-2-1-3-5-19)45(82)60-23(46(83)63-31)11-20-6-8-21(9-7-20)86-50-42(80)39(77)43(29(18-69)89-50)90-51-41(79)38(76)36(74)28(17-68)88-51/h6-9,19,22-29,31-43,49-51,66-69,71-80H,1-5,10-18H2,(H11,54,55,56,57,58,59,60,61,62,63,64,70,81,82,83,84,85)/p+1/t22-,23-,24+,25?,26+,27+,28+,29-,31+,32-,33-,34-,35+,36+,37+,38+,39+,40+,41+,42-,43-,49-,50+,51+/m1/s1. The first-order valence-electron chi connectivity index (χ1n) is 29.5. The Morgan fingerprint density at radius 1 is 0.567 bits per heavy atom. The zero-order valence-electron chi connectivity index (χ0n) is 48.4. The molecule has 1 unspecified atom stereocenters. The van der Waals surface area contributed by atoms with Gasteiger partial charge in [0.2, 0.25) is 48.0 Å². The molecule has 0 spiro atoms. The molecule has 24 atom stereocenters. The molecule has 6 aliphatic heterocycles. The Labute approximate surface area is 512 Å². The molecule has 504 valence electrons. The lowest BCUT2D eigenvalue weighted by molar-refractivity contribution is -0.663. The highest BCUT2D eigenvalue weighted by molar-refractivity contribution is 5.98. The average Bonchev–Trinajstić information content (AvgIpc) is 1.64. The topological polar surface area (TPSA) is 595 Å². The Bertz CT molecular complexity index is 2710. The summed E-state index contributed by atoms with van der Waals surface area (Å²) in [5.74, 6) is -7.72. The van der Waals surface area contributed by atoms with Gasteiger partial charge in [0.1, 0.15) is 134 Å². The van der Waals surface area contributed by atoms with Gasteiger partial charge in [0.05, 0.1) is 39.0 Å². The molecule has 1 aromatic carbocycles. The van der Waals surface area contributed by atoms with Crippen LogP contribution in [0.15, 0.2) is 29.3 Å². The molecule has 0 radical (unpaired) electrons. The predicted octanol–water partition coefficient (Wildman–Crippen LogP) is -14.1. The second-order valence-electron chi connectivity index (χ2n) is 23.2. The fourth-order valence-corrected chi connectivity index (χ4v) is 11.9. The van der Waals surface area contributed by atoms with Crippen LogP contribution in [0.4, 0.5) is 0 Å². The molecule has 37 nitrogen and oxygen atoms in total. The first-order valence-corrected chi connectivity index (χ1v) is 29.5. The lowest BCUT2D eigenvalue weighted by Gasteiger charge is -2.45. The monoisotopic (exact) mass is 1290 g/mol. The zero-order valence-corrected chi connectivity index (χ0v) is 48.4. The van der Waals surface area contributed by atoms with Crippen LogP contribution in [-0.4, -0.2) is 316 Å². The fourth-order valence-electron chi connectivity index (χ4n) is 11.9. The normalized spacial score (nSPS) is 38.8. The molecule has 4 saturated heterocycles. The van der Waals surface area contributed by atoms with Gasteiger partial charge in [-0.2, -0.15) is 0 Å². The van der Waals surface area contributed by atoms with E-state index in [4.69, 9.17) is 35.2 Å². The van der Waals surface area contributed by atoms with E-state index < -0.39 is 228 Å². The number of nitrogens with zero attached hydrogens (tertiary/aromatic N) is 2. The third kappa shape index (κ3) is 15.9. The number of nitrogens with two attached hydrogens (primary N) is 2. The Morgan fingerprint density at radius 3 is 1.78 bits per heavy atom. The lowest BCUT2D eigenvalue weighted by Crippen LogP contribution is -2.68. The molecule has 0 aromatic heterocycles. The summed E-state index contributed by atoms with van der Waals surface area (Å²) in [5, 5.41) is 170. The van der Waals surface area contributed by atoms with Gasteiger partial charge in [-0.25, -0.2) is 9.57 Å². The van der Waals surface area contributed by atoms with Crippen LogP contribution in [0.3, 0.4) is 0 Å². The van der Waals surface area contributed by atoms with E-state index in [0.717, 1.165) is 23.8 Å². The number of rotatable bonds is 17. The van der Waals surface area contributed by atoms with Crippen LogP contribution in [0.5, 0.6) is 5.75 Å². The van der Waals surface area contributed by atoms with Crippen LogP contribution >= 0.6 is 0 Å². The molecular weight excluding hydrogens is 1200 g/mol. The number of amides is 6. The lowest BCUT2D eigenvalue weighted by atomic mass is 9.84. The van der Waals surface area contributed by atoms with Crippen LogP contribution in [-0.2, 0) is 54.1 Å². The zero-order chi connectivity index (χ0) is 65.4. The predicted molar refractivity (Wildman–Crippen MR) is 299 cm³/mol. The SMILES string of the molecule is NC1=N[C@H]([C@@H](O)[C@@H]2NC(=O)[C@@H](Cc3ccc(O[C@H]4O[C@H](CO)[C@@H](O[C@@H]5O[C@@H](CO)[C@H](O)[C@H](O)[C@@H]5O)[C@@H](O)[C@H]4O)cc3)NC(=O)[C@@H](CC3CCCCC3)NC(=O)CNC(=O)C(CO)NC(=O)[C@@H]([C@H](O)[C@@H]3CNC(N)=[N+]3[C@@H]3O[C@@H](CO)[C@H](O)[C@H](O)[C@@H]3O)NC2=O)CN1. The smallest absolute Gasteiger partial charge is 0.346 e. The summed E-state index contributed by atoms with van der Waals surface area (Å²) in [4.78, 5) is 90.8. The van der Waals surface area contributed by atoms with Gasteiger partial charge in [-0.15, -0.1) is 0 Å². The molecule has 26 N–H and O–H groups in total. The van der Waals surface area contributed by atoms with Crippen molar-refractivity contribution in [2.24, 2.45) is 22.4 Å². The Kier molecular flexibility index (Phi) is 23.8. The minimum Gasteiger partial charge on any atom is -0.462 e. The largest absolute Gasteiger partial charge is 0.462 e. The third-order valence-corrected chi connectivity index (χ3v) is 17.1. The van der Waals surface area contributed by atoms with Crippen molar-refractivity contribution in [3.63, 3.8) is 0 Å². The number of ether oxygens (including phenoxy) is 5. The number of aliphatic hydroxyl groups excluding tert-OH is 14. The summed E-state index contributed by atoms with van der Waals surface area (Å²) in [7, 11) is 0. The molecule has 1 saturated carbocycles. The average molecular weight is 1290 g/mol. The maximum Gasteiger partial charge on any atom is 0.346 e. The quantitative estimate of drug-likeness (QED) is 0.0644. The van der Waals surface area contributed by atoms with E-state index in [1.54, 1.807) is 0 Å². The number of hydrogen-bond acceptors (Lipinski definition) is 30. The summed E-state index contributed by atoms with van der Waals surface area (Å²) < 4.78 is 29.3. The van der Waals surface area contributed by atoms with Gasteiger partial charge in [0.15, 0.2) is 12.2 Å². The molecule has 8 rings (SSSR count). The van der Waals surface area contributed by atoms with Crippen molar-refractivity contribution in [2.45, 2.75) is 192 Å². The maximum absolute atomic E-state index is 15.0. The Hall–Kier alpha value is -6.34. The third-order valence-electron chi connectivity index (χ3n) is 17.1. The van der Waals surface area contributed by atoms with Crippen molar-refractivity contribution in [2.75, 3.05) is 46.1 Å².